The molecule has 0 atom stereocenters. The molecule has 2 rings (SSSR count). The van der Waals surface area contributed by atoms with Crippen LogP contribution in [0.5, 0.6) is 0 Å². The van der Waals surface area contributed by atoms with Crippen molar-refractivity contribution in [1.29, 1.82) is 0 Å². The highest BCUT2D eigenvalue weighted by Gasteiger charge is 2.97. The van der Waals surface area contributed by atoms with E-state index in [1.807, 2.05) is 0 Å². The van der Waals surface area contributed by atoms with Gasteiger partial charge in [0.05, 0.1) is 0 Å². The Morgan fingerprint density at radius 3 is 0.638 bits per heavy atom. The molecule has 0 saturated heterocycles. The Balaban J connectivity index is 2.31. The molecule has 0 unspecified atom stereocenters. The maximum atomic E-state index is 14.3. The highest BCUT2D eigenvalue weighted by Crippen LogP contribution is 2.66. The number of benzene rings is 2. The maximum Gasteiger partial charge on any atom is 0.460 e. The minimum absolute atomic E-state index is 0.261. The molecular formula is C31H12F34N2O2. The first-order valence-electron chi connectivity index (χ1n) is 16.2. The standard InChI is InChI=1S/C31H12F34N2O2/c32-16(33,18(36,37)20(40,41)22(44,45)24(48,49)26(52,53)28(56,57)30(60,61)62)14(68)66-12-5-1-10(2-6-12)9-11-3-7-13(8-4-11)67-15(69)17(34,35)19(38,39)21(42,43)23(46,47)25(50,51)27(54,55)29(58,59)31(63,64)65/h1-8H,9H2,(H,66,68)(H,67,69). The van der Waals surface area contributed by atoms with Crippen LogP contribution in [0.3, 0.4) is 0 Å². The summed E-state index contributed by atoms with van der Waals surface area (Å²) in [6, 6.07) is 3.25. The van der Waals surface area contributed by atoms with Crippen LogP contribution in [0.1, 0.15) is 11.1 Å². The van der Waals surface area contributed by atoms with E-state index in [9.17, 15) is 159 Å². The van der Waals surface area contributed by atoms with Crippen molar-refractivity contribution in [1.82, 2.24) is 0 Å². The number of carbonyl (C=O) groups excluding carboxylic acids is 2. The van der Waals surface area contributed by atoms with Crippen molar-refractivity contribution in [2.45, 2.75) is 102 Å². The molecule has 0 saturated carbocycles. The lowest BCUT2D eigenvalue weighted by Gasteiger charge is -2.42. The number of nitrogens with one attached hydrogen (secondary N) is 2. The Hall–Kier alpha value is -5.00. The second-order valence-corrected chi connectivity index (χ2v) is 13.5. The van der Waals surface area contributed by atoms with E-state index in [1.165, 1.54) is 0 Å². The summed E-state index contributed by atoms with van der Waals surface area (Å²) < 4.78 is 458. The first kappa shape index (κ1) is 60.1. The zero-order valence-electron chi connectivity index (χ0n) is 31.0. The summed E-state index contributed by atoms with van der Waals surface area (Å²) in [6.45, 7) is 0. The van der Waals surface area contributed by atoms with Crippen LogP contribution in [0.15, 0.2) is 48.5 Å². The second-order valence-electron chi connectivity index (χ2n) is 13.5. The Kier molecular flexibility index (Phi) is 14.7. The molecule has 0 bridgehead atoms. The van der Waals surface area contributed by atoms with Crippen molar-refractivity contribution in [2.75, 3.05) is 10.6 Å². The van der Waals surface area contributed by atoms with Gasteiger partial charge in [0.1, 0.15) is 0 Å². The summed E-state index contributed by atoms with van der Waals surface area (Å²) in [5.74, 6) is -128. The van der Waals surface area contributed by atoms with Crippen molar-refractivity contribution >= 4 is 23.2 Å². The van der Waals surface area contributed by atoms with E-state index in [-0.39, 0.29) is 35.4 Å². The summed E-state index contributed by atoms with van der Waals surface area (Å²) in [6.07, 6.45) is -16.7. The fourth-order valence-corrected chi connectivity index (χ4v) is 4.68. The third kappa shape index (κ3) is 8.61. The van der Waals surface area contributed by atoms with Gasteiger partial charge in [-0.25, -0.2) is 0 Å². The molecule has 0 aliphatic rings. The van der Waals surface area contributed by atoms with E-state index in [0.29, 0.717) is 34.9 Å². The Morgan fingerprint density at radius 2 is 0.449 bits per heavy atom. The number of hydrogen-bond acceptors (Lipinski definition) is 2. The van der Waals surface area contributed by atoms with Crippen molar-refractivity contribution < 1.29 is 159 Å². The zero-order chi connectivity index (χ0) is 55.2. The van der Waals surface area contributed by atoms with Crippen LogP contribution in [0, 0.1) is 0 Å². The quantitative estimate of drug-likeness (QED) is 0.146. The van der Waals surface area contributed by atoms with Crippen LogP contribution >= 0.6 is 0 Å². The van der Waals surface area contributed by atoms with Crippen LogP contribution in [-0.2, 0) is 16.0 Å². The Labute approximate surface area is 354 Å². The Bertz CT molecular complexity index is 2030. The van der Waals surface area contributed by atoms with Crippen molar-refractivity contribution in [3.63, 3.8) is 0 Å². The average molecular weight is 1090 g/mol. The monoisotopic (exact) mass is 1090 g/mol. The summed E-state index contributed by atoms with van der Waals surface area (Å²) in [5, 5.41) is 1.14. The lowest BCUT2D eigenvalue weighted by molar-refractivity contribution is -0.459. The average Bonchev–Trinajstić information content (AvgIpc) is 3.17. The molecule has 0 aliphatic carbocycles. The summed E-state index contributed by atoms with van der Waals surface area (Å²) >= 11 is 0. The lowest BCUT2D eigenvalue weighted by Crippen LogP contribution is -2.75. The number of rotatable bonds is 18. The molecular weight excluding hydrogens is 1080 g/mol. The molecule has 38 heteroatoms. The number of halogens is 34. The first-order valence-corrected chi connectivity index (χ1v) is 16.2. The first-order chi connectivity index (χ1) is 29.9. The van der Waals surface area contributed by atoms with E-state index in [1.54, 1.807) is 0 Å². The number of alkyl halides is 34. The molecule has 2 amide bonds. The lowest BCUT2D eigenvalue weighted by atomic mass is 9.88. The van der Waals surface area contributed by atoms with Crippen LogP contribution < -0.4 is 10.6 Å². The maximum absolute atomic E-state index is 14.3. The predicted octanol–water partition coefficient (Wildman–Crippen LogP) is 13.2. The molecule has 2 aromatic rings. The number of carbonyl (C=O) groups is 2. The summed E-state index contributed by atoms with van der Waals surface area (Å²) in [5.41, 5.74) is -3.24. The normalized spacial score (nSPS) is 15.6. The molecule has 2 aromatic carbocycles. The fraction of sp³-hybridized carbons (Fsp3) is 0.548. The molecule has 0 radical (unpaired) electrons. The highest BCUT2D eigenvalue weighted by molar-refractivity contribution is 5.97. The SMILES string of the molecule is O=C(Nc1ccc(Cc2ccc(NC(=O)C(F)(F)C(F)(F)C(F)(F)C(F)(F)C(F)(F)C(F)(F)C(F)(F)C(F)(F)F)cc2)cc1)C(F)(F)C(F)(F)C(F)(F)C(F)(F)C(F)(F)C(F)(F)C(F)(F)C(F)(F)F. The molecule has 0 aromatic heterocycles. The van der Waals surface area contributed by atoms with Gasteiger partial charge in [0.25, 0.3) is 0 Å². The molecule has 4 nitrogen and oxygen atoms in total. The number of hydrogen-bond donors (Lipinski definition) is 2. The van der Waals surface area contributed by atoms with Crippen molar-refractivity contribution in [3.8, 4) is 0 Å². The third-order valence-electron chi connectivity index (χ3n) is 8.85. The van der Waals surface area contributed by atoms with Crippen LogP contribution in [0.4, 0.5) is 161 Å². The fourth-order valence-electron chi connectivity index (χ4n) is 4.68. The van der Waals surface area contributed by atoms with E-state index in [4.69, 9.17) is 0 Å². The predicted molar refractivity (Wildman–Crippen MR) is 154 cm³/mol. The van der Waals surface area contributed by atoms with Gasteiger partial charge in [-0.3, -0.25) is 9.59 Å². The number of amides is 2. The largest absolute Gasteiger partial charge is 0.460 e. The third-order valence-corrected chi connectivity index (χ3v) is 8.85. The van der Waals surface area contributed by atoms with Gasteiger partial charge in [0.15, 0.2) is 0 Å². The molecule has 2 N–H and O–H groups in total. The molecule has 0 aliphatic heterocycles. The topological polar surface area (TPSA) is 58.2 Å². The number of anilines is 2. The van der Waals surface area contributed by atoms with Gasteiger partial charge in [-0.2, -0.15) is 149 Å². The zero-order valence-corrected chi connectivity index (χ0v) is 31.0. The molecule has 69 heavy (non-hydrogen) atoms. The van der Waals surface area contributed by atoms with Gasteiger partial charge >= 0.3 is 107 Å². The van der Waals surface area contributed by atoms with Crippen LogP contribution in [-0.4, -0.2) is 107 Å². The Morgan fingerprint density at radius 1 is 0.275 bits per heavy atom. The van der Waals surface area contributed by atoms with Gasteiger partial charge in [0, 0.05) is 11.4 Å². The smallest absolute Gasteiger partial charge is 0.321 e. The second kappa shape index (κ2) is 16.8. The van der Waals surface area contributed by atoms with Crippen molar-refractivity contribution in [3.05, 3.63) is 59.7 Å². The van der Waals surface area contributed by atoms with Crippen LogP contribution in [0.2, 0.25) is 0 Å². The van der Waals surface area contributed by atoms with E-state index < -0.39 is 125 Å². The van der Waals surface area contributed by atoms with Gasteiger partial charge in [0.2, 0.25) is 0 Å². The van der Waals surface area contributed by atoms with E-state index >= 15 is 0 Å². The molecule has 0 heterocycles. The molecule has 0 fully saturated rings. The van der Waals surface area contributed by atoms with Gasteiger partial charge < -0.3 is 10.6 Å². The van der Waals surface area contributed by atoms with Crippen LogP contribution in [0.25, 0.3) is 0 Å². The van der Waals surface area contributed by atoms with E-state index in [2.05, 4.69) is 0 Å². The summed E-state index contributed by atoms with van der Waals surface area (Å²) in [4.78, 5) is 23.6. The van der Waals surface area contributed by atoms with Gasteiger partial charge in [-0.15, -0.1) is 0 Å². The van der Waals surface area contributed by atoms with Gasteiger partial charge in [-0.05, 0) is 41.8 Å². The molecule has 396 valence electrons. The highest BCUT2D eigenvalue weighted by atomic mass is 19.4. The summed E-state index contributed by atoms with van der Waals surface area (Å²) in [7, 11) is 0. The van der Waals surface area contributed by atoms with E-state index in [0.717, 1.165) is 0 Å². The molecule has 0 spiro atoms. The minimum atomic E-state index is -9.00. The minimum Gasteiger partial charge on any atom is -0.321 e. The van der Waals surface area contributed by atoms with Crippen molar-refractivity contribution in [2.24, 2.45) is 0 Å². The van der Waals surface area contributed by atoms with Gasteiger partial charge in [-0.1, -0.05) is 24.3 Å².